The Morgan fingerprint density at radius 2 is 1.95 bits per heavy atom. The molecule has 0 fully saturated rings. The van der Waals surface area contributed by atoms with Crippen molar-refractivity contribution in [1.82, 2.24) is 0 Å². The van der Waals surface area contributed by atoms with E-state index in [-0.39, 0.29) is 5.60 Å². The topological polar surface area (TPSA) is 9.23 Å². The summed E-state index contributed by atoms with van der Waals surface area (Å²) in [6.07, 6.45) is 7.42. The fourth-order valence-corrected chi connectivity index (χ4v) is 1.58. The van der Waals surface area contributed by atoms with Gasteiger partial charge in [-0.1, -0.05) is 61.7 Å². The molecule has 0 unspecified atom stereocenters. The minimum absolute atomic E-state index is 0.366. The molecule has 0 aromatic heterocycles. The number of unbranched alkanes of at least 4 members (excludes halogenated alkanes) is 2. The van der Waals surface area contributed by atoms with E-state index in [9.17, 15) is 0 Å². The molecule has 19 heavy (non-hydrogen) atoms. The molecule has 0 N–H and O–H groups in total. The summed E-state index contributed by atoms with van der Waals surface area (Å²) >= 11 is 0. The van der Waals surface area contributed by atoms with Crippen LogP contribution < -0.4 is 0 Å². The average molecular weight is 256 g/mol. The van der Waals surface area contributed by atoms with Crippen molar-refractivity contribution < 1.29 is 4.74 Å². The molecular weight excluding hydrogens is 232 g/mol. The Kier molecular flexibility index (Phi) is 7.00. The number of hydrogen-bond donors (Lipinski definition) is 0. The van der Waals surface area contributed by atoms with Crippen LogP contribution in [0, 0.1) is 11.8 Å². The van der Waals surface area contributed by atoms with E-state index in [0.717, 1.165) is 12.8 Å². The SMILES string of the molecule is CCCCC#CC(C)(C)OC/C=C/c1ccccc1. The van der Waals surface area contributed by atoms with E-state index in [4.69, 9.17) is 4.74 Å². The van der Waals surface area contributed by atoms with Crippen molar-refractivity contribution in [2.75, 3.05) is 6.61 Å². The number of benzene rings is 1. The zero-order valence-electron chi connectivity index (χ0n) is 12.3. The second kappa shape index (κ2) is 8.56. The fraction of sp³-hybridized carbons (Fsp3) is 0.444. The van der Waals surface area contributed by atoms with Crippen LogP contribution in [0.2, 0.25) is 0 Å². The van der Waals surface area contributed by atoms with Crippen LogP contribution in [-0.2, 0) is 4.74 Å². The summed E-state index contributed by atoms with van der Waals surface area (Å²) in [5.74, 6) is 6.37. The van der Waals surface area contributed by atoms with Gasteiger partial charge in [-0.3, -0.25) is 0 Å². The van der Waals surface area contributed by atoms with E-state index in [1.54, 1.807) is 0 Å². The normalized spacial score (nSPS) is 11.3. The molecule has 1 nitrogen and oxygen atoms in total. The zero-order chi connectivity index (χ0) is 14.0. The van der Waals surface area contributed by atoms with E-state index in [2.05, 4.69) is 37.0 Å². The molecule has 102 valence electrons. The molecule has 1 aromatic carbocycles. The van der Waals surface area contributed by atoms with Crippen LogP contribution in [0.1, 0.15) is 45.6 Å². The first-order valence-electron chi connectivity index (χ1n) is 6.99. The molecule has 0 aliphatic rings. The first-order valence-corrected chi connectivity index (χ1v) is 6.99. The third-order valence-electron chi connectivity index (χ3n) is 2.70. The molecule has 0 aliphatic carbocycles. The third kappa shape index (κ3) is 7.49. The first-order chi connectivity index (χ1) is 9.14. The van der Waals surface area contributed by atoms with Gasteiger partial charge in [0.2, 0.25) is 0 Å². The van der Waals surface area contributed by atoms with Crippen LogP contribution >= 0.6 is 0 Å². The van der Waals surface area contributed by atoms with Gasteiger partial charge in [0, 0.05) is 6.42 Å². The highest BCUT2D eigenvalue weighted by Gasteiger charge is 2.12. The number of hydrogen-bond acceptors (Lipinski definition) is 1. The van der Waals surface area contributed by atoms with Gasteiger partial charge < -0.3 is 4.74 Å². The lowest BCUT2D eigenvalue weighted by Crippen LogP contribution is -2.21. The van der Waals surface area contributed by atoms with Crippen LogP contribution in [0.3, 0.4) is 0 Å². The summed E-state index contributed by atoms with van der Waals surface area (Å²) in [5, 5.41) is 0. The lowest BCUT2D eigenvalue weighted by Gasteiger charge is -2.17. The molecule has 0 aliphatic heterocycles. The maximum atomic E-state index is 5.77. The minimum atomic E-state index is -0.366. The summed E-state index contributed by atoms with van der Waals surface area (Å²) in [6.45, 7) is 6.80. The molecule has 0 saturated heterocycles. The second-order valence-electron chi connectivity index (χ2n) is 5.04. The summed E-state index contributed by atoms with van der Waals surface area (Å²) in [6, 6.07) is 10.2. The second-order valence-corrected chi connectivity index (χ2v) is 5.04. The minimum Gasteiger partial charge on any atom is -0.359 e. The van der Waals surface area contributed by atoms with Gasteiger partial charge in [-0.25, -0.2) is 0 Å². The largest absolute Gasteiger partial charge is 0.359 e. The zero-order valence-corrected chi connectivity index (χ0v) is 12.3. The molecule has 0 spiro atoms. The van der Waals surface area contributed by atoms with Gasteiger partial charge in [-0.15, -0.1) is 5.92 Å². The highest BCUT2D eigenvalue weighted by molar-refractivity contribution is 5.48. The Labute approximate surface area is 117 Å². The average Bonchev–Trinajstić information content (AvgIpc) is 2.41. The summed E-state index contributed by atoms with van der Waals surface area (Å²) in [5.41, 5.74) is 0.826. The van der Waals surface area contributed by atoms with Gasteiger partial charge in [0.1, 0.15) is 5.60 Å². The molecule has 0 saturated carbocycles. The standard InChI is InChI=1S/C18H24O/c1-4-5-6-10-15-18(2,3)19-16-11-14-17-12-8-7-9-13-17/h7-9,11-14H,4-6,16H2,1-3H3/b14-11+. The molecule has 0 heterocycles. The lowest BCUT2D eigenvalue weighted by atomic mass is 10.1. The van der Waals surface area contributed by atoms with E-state index in [0.29, 0.717) is 6.61 Å². The van der Waals surface area contributed by atoms with Crippen molar-refractivity contribution in [3.8, 4) is 11.8 Å². The van der Waals surface area contributed by atoms with E-state index < -0.39 is 0 Å². The van der Waals surface area contributed by atoms with Gasteiger partial charge in [0.25, 0.3) is 0 Å². The summed E-state index contributed by atoms with van der Waals surface area (Å²) in [4.78, 5) is 0. The summed E-state index contributed by atoms with van der Waals surface area (Å²) in [7, 11) is 0. The van der Waals surface area contributed by atoms with E-state index in [1.165, 1.54) is 12.0 Å². The van der Waals surface area contributed by atoms with E-state index >= 15 is 0 Å². The summed E-state index contributed by atoms with van der Waals surface area (Å²) < 4.78 is 5.77. The molecule has 0 radical (unpaired) electrons. The molecule has 0 bridgehead atoms. The van der Waals surface area contributed by atoms with Crippen molar-refractivity contribution in [3.05, 3.63) is 42.0 Å². The van der Waals surface area contributed by atoms with Gasteiger partial charge in [0.05, 0.1) is 6.61 Å². The predicted molar refractivity (Wildman–Crippen MR) is 82.8 cm³/mol. The Bertz CT molecular complexity index is 432. The van der Waals surface area contributed by atoms with Gasteiger partial charge in [0.15, 0.2) is 0 Å². The van der Waals surface area contributed by atoms with Crippen molar-refractivity contribution in [3.63, 3.8) is 0 Å². The van der Waals surface area contributed by atoms with Crippen molar-refractivity contribution in [2.24, 2.45) is 0 Å². The van der Waals surface area contributed by atoms with Crippen molar-refractivity contribution in [1.29, 1.82) is 0 Å². The molecule has 1 aromatic rings. The molecular formula is C18H24O. The highest BCUT2D eigenvalue weighted by Crippen LogP contribution is 2.08. The third-order valence-corrected chi connectivity index (χ3v) is 2.70. The van der Waals surface area contributed by atoms with Gasteiger partial charge in [-0.2, -0.15) is 0 Å². The lowest BCUT2D eigenvalue weighted by molar-refractivity contribution is 0.0471. The van der Waals surface area contributed by atoms with Gasteiger partial charge in [-0.05, 0) is 25.8 Å². The molecule has 1 heteroatoms. The smallest absolute Gasteiger partial charge is 0.123 e. The highest BCUT2D eigenvalue weighted by atomic mass is 16.5. The van der Waals surface area contributed by atoms with Crippen LogP contribution in [0.4, 0.5) is 0 Å². The van der Waals surface area contributed by atoms with Crippen LogP contribution in [0.15, 0.2) is 36.4 Å². The Hall–Kier alpha value is -1.52. The molecule has 1 rings (SSSR count). The first kappa shape index (κ1) is 15.5. The van der Waals surface area contributed by atoms with Crippen molar-refractivity contribution in [2.45, 2.75) is 45.6 Å². The van der Waals surface area contributed by atoms with Crippen molar-refractivity contribution >= 4 is 6.08 Å². The fourth-order valence-electron chi connectivity index (χ4n) is 1.58. The monoisotopic (exact) mass is 256 g/mol. The van der Waals surface area contributed by atoms with Gasteiger partial charge >= 0.3 is 0 Å². The Balaban J connectivity index is 2.34. The Morgan fingerprint density at radius 1 is 1.21 bits per heavy atom. The molecule has 0 atom stereocenters. The van der Waals surface area contributed by atoms with Crippen LogP contribution in [-0.4, -0.2) is 12.2 Å². The van der Waals surface area contributed by atoms with E-state index in [1.807, 2.05) is 38.1 Å². The number of ether oxygens (including phenoxy) is 1. The quantitative estimate of drug-likeness (QED) is 0.530. The van der Waals surface area contributed by atoms with Crippen LogP contribution in [0.5, 0.6) is 0 Å². The predicted octanol–water partition coefficient (Wildman–Crippen LogP) is 4.69. The number of rotatable bonds is 6. The maximum absolute atomic E-state index is 5.77. The Morgan fingerprint density at radius 3 is 2.63 bits per heavy atom. The van der Waals surface area contributed by atoms with Crippen LogP contribution in [0.25, 0.3) is 6.08 Å². The maximum Gasteiger partial charge on any atom is 0.123 e. The molecule has 0 amide bonds.